The van der Waals surface area contributed by atoms with Crippen LogP contribution >= 0.6 is 0 Å². The Morgan fingerprint density at radius 2 is 2.21 bits per heavy atom. The molecule has 0 bridgehead atoms. The summed E-state index contributed by atoms with van der Waals surface area (Å²) >= 11 is 0. The van der Waals surface area contributed by atoms with Crippen molar-refractivity contribution in [3.8, 4) is 11.5 Å². The summed E-state index contributed by atoms with van der Waals surface area (Å²) in [6.45, 7) is 0. The van der Waals surface area contributed by atoms with Gasteiger partial charge in [0.25, 0.3) is 5.91 Å². The van der Waals surface area contributed by atoms with Gasteiger partial charge in [0.05, 0.1) is 24.6 Å². The van der Waals surface area contributed by atoms with Crippen LogP contribution in [0, 0.1) is 5.82 Å². The van der Waals surface area contributed by atoms with Crippen LogP contribution in [-0.4, -0.2) is 23.1 Å². The van der Waals surface area contributed by atoms with Gasteiger partial charge in [-0.1, -0.05) is 0 Å². The molecule has 6 heteroatoms. The molecule has 0 aliphatic rings. The van der Waals surface area contributed by atoms with E-state index in [2.05, 4.69) is 10.3 Å². The molecule has 1 aromatic heterocycles. The molecule has 98 valence electrons. The van der Waals surface area contributed by atoms with Gasteiger partial charge in [0.2, 0.25) is 0 Å². The first-order valence-electron chi connectivity index (χ1n) is 5.39. The highest BCUT2D eigenvalue weighted by molar-refractivity contribution is 6.06. The zero-order valence-corrected chi connectivity index (χ0v) is 10.1. The average Bonchev–Trinajstić information content (AvgIpc) is 2.41. The van der Waals surface area contributed by atoms with Crippen LogP contribution < -0.4 is 10.1 Å². The van der Waals surface area contributed by atoms with Gasteiger partial charge < -0.3 is 15.2 Å². The lowest BCUT2D eigenvalue weighted by atomic mass is 10.2. The summed E-state index contributed by atoms with van der Waals surface area (Å²) in [5.74, 6) is -1.09. The van der Waals surface area contributed by atoms with Crippen molar-refractivity contribution in [2.24, 2.45) is 0 Å². The molecule has 0 saturated heterocycles. The Bertz CT molecular complexity index is 617. The third-order valence-electron chi connectivity index (χ3n) is 2.47. The Morgan fingerprint density at radius 1 is 1.42 bits per heavy atom. The minimum Gasteiger partial charge on any atom is -0.505 e. The van der Waals surface area contributed by atoms with Crippen molar-refractivity contribution in [3.05, 3.63) is 48.0 Å². The quantitative estimate of drug-likeness (QED) is 0.889. The number of nitrogens with zero attached hydrogens (tertiary/aromatic N) is 1. The highest BCUT2D eigenvalue weighted by Gasteiger charge is 2.13. The molecule has 1 aromatic carbocycles. The fraction of sp³-hybridized carbons (Fsp3) is 0.0769. The number of carbonyl (C=O) groups excluding carboxylic acids is 1. The van der Waals surface area contributed by atoms with E-state index in [0.717, 1.165) is 6.20 Å². The van der Waals surface area contributed by atoms with Crippen LogP contribution in [0.15, 0.2) is 36.7 Å². The molecule has 0 aliphatic heterocycles. The van der Waals surface area contributed by atoms with E-state index < -0.39 is 11.7 Å². The van der Waals surface area contributed by atoms with Gasteiger partial charge in [0, 0.05) is 12.3 Å². The zero-order valence-electron chi connectivity index (χ0n) is 10.1. The van der Waals surface area contributed by atoms with E-state index in [1.54, 1.807) is 0 Å². The first kappa shape index (κ1) is 12.8. The number of rotatable bonds is 3. The monoisotopic (exact) mass is 262 g/mol. The molecule has 0 unspecified atom stereocenters. The second kappa shape index (κ2) is 5.34. The molecule has 5 nitrogen and oxygen atoms in total. The average molecular weight is 262 g/mol. The Hall–Kier alpha value is -2.63. The number of aromatic hydroxyl groups is 1. The van der Waals surface area contributed by atoms with Crippen molar-refractivity contribution in [1.82, 2.24) is 4.98 Å². The van der Waals surface area contributed by atoms with Gasteiger partial charge in [0.1, 0.15) is 17.3 Å². The molecule has 2 rings (SSSR count). The van der Waals surface area contributed by atoms with Crippen LogP contribution in [0.2, 0.25) is 0 Å². The van der Waals surface area contributed by atoms with Crippen LogP contribution in [0.5, 0.6) is 11.5 Å². The molecule has 19 heavy (non-hydrogen) atoms. The first-order chi connectivity index (χ1) is 9.11. The predicted octanol–water partition coefficient (Wildman–Crippen LogP) is 2.19. The van der Waals surface area contributed by atoms with E-state index in [0.29, 0.717) is 5.75 Å². The minimum absolute atomic E-state index is 0.0113. The molecule has 0 aliphatic carbocycles. The van der Waals surface area contributed by atoms with Crippen molar-refractivity contribution < 1.29 is 19.0 Å². The third kappa shape index (κ3) is 2.79. The minimum atomic E-state index is -0.632. The van der Waals surface area contributed by atoms with Crippen LogP contribution in [0.4, 0.5) is 10.1 Å². The Morgan fingerprint density at radius 3 is 2.89 bits per heavy atom. The number of benzene rings is 1. The number of aromatic nitrogens is 1. The third-order valence-corrected chi connectivity index (χ3v) is 2.47. The fourth-order valence-electron chi connectivity index (χ4n) is 1.49. The van der Waals surface area contributed by atoms with Gasteiger partial charge in [-0.15, -0.1) is 0 Å². The summed E-state index contributed by atoms with van der Waals surface area (Å²) < 4.78 is 18.5. The summed E-state index contributed by atoms with van der Waals surface area (Å²) in [4.78, 5) is 15.5. The van der Waals surface area contributed by atoms with Gasteiger partial charge in [-0.25, -0.2) is 4.39 Å². The van der Waals surface area contributed by atoms with E-state index >= 15 is 0 Å². The van der Waals surface area contributed by atoms with Gasteiger partial charge in [-0.05, 0) is 18.2 Å². The number of pyridine rings is 1. The van der Waals surface area contributed by atoms with Crippen LogP contribution in [-0.2, 0) is 0 Å². The highest BCUT2D eigenvalue weighted by Crippen LogP contribution is 2.23. The molecule has 1 amide bonds. The SMILES string of the molecule is COc1ccc(F)c(NC(=O)c2ccncc2O)c1. The van der Waals surface area contributed by atoms with E-state index in [4.69, 9.17) is 4.74 Å². The lowest BCUT2D eigenvalue weighted by Crippen LogP contribution is -2.13. The van der Waals surface area contributed by atoms with Gasteiger partial charge >= 0.3 is 0 Å². The predicted molar refractivity (Wildman–Crippen MR) is 66.8 cm³/mol. The molecular weight excluding hydrogens is 251 g/mol. The number of anilines is 1. The van der Waals surface area contributed by atoms with E-state index in [-0.39, 0.29) is 17.0 Å². The lowest BCUT2D eigenvalue weighted by Gasteiger charge is -2.09. The molecule has 0 fully saturated rings. The topological polar surface area (TPSA) is 71.5 Å². The highest BCUT2D eigenvalue weighted by atomic mass is 19.1. The van der Waals surface area contributed by atoms with Crippen molar-refractivity contribution in [2.75, 3.05) is 12.4 Å². The van der Waals surface area contributed by atoms with Crippen molar-refractivity contribution in [1.29, 1.82) is 0 Å². The zero-order chi connectivity index (χ0) is 13.8. The van der Waals surface area contributed by atoms with E-state index in [1.165, 1.54) is 37.6 Å². The van der Waals surface area contributed by atoms with Gasteiger partial charge in [-0.2, -0.15) is 0 Å². The number of amides is 1. The first-order valence-corrected chi connectivity index (χ1v) is 5.39. The van der Waals surface area contributed by atoms with Crippen molar-refractivity contribution in [2.45, 2.75) is 0 Å². The number of carbonyl (C=O) groups is 1. The van der Waals surface area contributed by atoms with E-state index in [9.17, 15) is 14.3 Å². The maximum atomic E-state index is 13.5. The molecule has 0 atom stereocenters. The summed E-state index contributed by atoms with van der Waals surface area (Å²) in [6.07, 6.45) is 2.49. The number of ether oxygens (including phenoxy) is 1. The second-order valence-electron chi connectivity index (χ2n) is 3.69. The number of methoxy groups -OCH3 is 1. The Labute approximate surface area is 108 Å². The normalized spacial score (nSPS) is 10.0. The smallest absolute Gasteiger partial charge is 0.259 e. The summed E-state index contributed by atoms with van der Waals surface area (Å²) in [5.41, 5.74) is -0.0159. The van der Waals surface area contributed by atoms with Crippen LogP contribution in [0.3, 0.4) is 0 Å². The molecule has 1 heterocycles. The van der Waals surface area contributed by atoms with Crippen molar-refractivity contribution in [3.63, 3.8) is 0 Å². The summed E-state index contributed by atoms with van der Waals surface area (Å²) in [5, 5.41) is 11.8. The van der Waals surface area contributed by atoms with Gasteiger partial charge in [-0.3, -0.25) is 9.78 Å². The van der Waals surface area contributed by atoms with E-state index in [1.807, 2.05) is 0 Å². The summed E-state index contributed by atoms with van der Waals surface area (Å²) in [7, 11) is 1.44. The number of hydrogen-bond donors (Lipinski definition) is 2. The van der Waals surface area contributed by atoms with Crippen LogP contribution in [0.1, 0.15) is 10.4 Å². The largest absolute Gasteiger partial charge is 0.505 e. The second-order valence-corrected chi connectivity index (χ2v) is 3.69. The number of nitrogens with one attached hydrogen (secondary N) is 1. The molecule has 2 N–H and O–H groups in total. The standard InChI is InChI=1S/C13H11FN2O3/c1-19-8-2-3-10(14)11(6-8)16-13(18)9-4-5-15-7-12(9)17/h2-7,17H,1H3,(H,16,18). The maximum absolute atomic E-state index is 13.5. The Kier molecular flexibility index (Phi) is 3.61. The molecule has 0 spiro atoms. The molecule has 0 radical (unpaired) electrons. The number of halogens is 1. The van der Waals surface area contributed by atoms with Crippen LogP contribution in [0.25, 0.3) is 0 Å². The Balaban J connectivity index is 2.26. The summed E-state index contributed by atoms with van der Waals surface area (Å²) in [6, 6.07) is 5.31. The molecule has 2 aromatic rings. The van der Waals surface area contributed by atoms with Gasteiger partial charge in [0.15, 0.2) is 0 Å². The molecular formula is C13H11FN2O3. The lowest BCUT2D eigenvalue weighted by molar-refractivity contribution is 0.102. The van der Waals surface area contributed by atoms with Crippen molar-refractivity contribution >= 4 is 11.6 Å². The molecule has 0 saturated carbocycles. The maximum Gasteiger partial charge on any atom is 0.259 e. The number of hydrogen-bond acceptors (Lipinski definition) is 4. The fourth-order valence-corrected chi connectivity index (χ4v) is 1.49.